The Hall–Kier alpha value is -0.466. The lowest BCUT2D eigenvalue weighted by molar-refractivity contribution is 0.244. The Balaban J connectivity index is 2.96. The zero-order valence-corrected chi connectivity index (χ0v) is 17.9. The first-order valence-electron chi connectivity index (χ1n) is 8.88. The predicted octanol–water partition coefficient (Wildman–Crippen LogP) is 4.86. The fourth-order valence-electron chi connectivity index (χ4n) is 3.33. The highest BCUT2D eigenvalue weighted by Crippen LogP contribution is 2.28. The lowest BCUT2D eigenvalue weighted by atomic mass is 10.2. The first-order chi connectivity index (χ1) is 11.0. The minimum absolute atomic E-state index is 1.03. The van der Waals surface area contributed by atoms with E-state index < -0.39 is 16.8 Å². The Labute approximate surface area is 145 Å². The van der Waals surface area contributed by atoms with E-state index in [-0.39, 0.29) is 0 Å². The van der Waals surface area contributed by atoms with Gasteiger partial charge in [0.15, 0.2) is 0 Å². The molecule has 0 aromatic heterocycles. The maximum absolute atomic E-state index is 5.71. The van der Waals surface area contributed by atoms with Gasteiger partial charge in [-0.25, -0.2) is 0 Å². The van der Waals surface area contributed by atoms with Gasteiger partial charge in [0, 0.05) is 26.8 Å². The summed E-state index contributed by atoms with van der Waals surface area (Å²) in [7, 11) is 0.162. The molecule has 5 heteroatoms. The fourth-order valence-corrected chi connectivity index (χ4v) is 8.75. The van der Waals surface area contributed by atoms with Crippen LogP contribution in [-0.2, 0) is 15.4 Å². The minimum atomic E-state index is -2.01. The highest BCUT2D eigenvalue weighted by atomic mass is 28.4. The van der Waals surface area contributed by atoms with Crippen LogP contribution in [0, 0.1) is 0 Å². The number of rotatable bonds is 11. The molecule has 1 aromatic carbocycles. The molecular formula is C18H35NO2Si2. The highest BCUT2D eigenvalue weighted by molar-refractivity contribution is 6.77. The third kappa shape index (κ3) is 5.53. The first-order valence-corrected chi connectivity index (χ1v) is 14.0. The number of hydrogen-bond acceptors (Lipinski definition) is 3. The second-order valence-electron chi connectivity index (χ2n) is 6.48. The molecule has 23 heavy (non-hydrogen) atoms. The molecule has 0 radical (unpaired) electrons. The lowest BCUT2D eigenvalue weighted by Gasteiger charge is -2.42. The standard InChI is InChI=1S/C18H35NO2Si2/c1-7-23(8-2,9-3)19(15-16-22(6,20-4)21-5)17-18-13-11-10-12-14-18/h10-14H,7-9,15-17H2,1-6H3. The van der Waals surface area contributed by atoms with Crippen LogP contribution in [0.25, 0.3) is 0 Å². The van der Waals surface area contributed by atoms with Crippen molar-refractivity contribution in [2.75, 3.05) is 20.8 Å². The van der Waals surface area contributed by atoms with Crippen LogP contribution in [0.3, 0.4) is 0 Å². The monoisotopic (exact) mass is 353 g/mol. The van der Waals surface area contributed by atoms with Crippen LogP contribution in [-0.4, -0.2) is 42.1 Å². The first kappa shape index (κ1) is 20.6. The normalized spacial score (nSPS) is 12.8. The van der Waals surface area contributed by atoms with E-state index in [4.69, 9.17) is 8.85 Å². The molecule has 132 valence electrons. The van der Waals surface area contributed by atoms with Crippen molar-refractivity contribution in [2.45, 2.75) is 58.0 Å². The molecular weight excluding hydrogens is 318 g/mol. The summed E-state index contributed by atoms with van der Waals surface area (Å²) in [6.45, 7) is 11.4. The maximum Gasteiger partial charge on any atom is 0.335 e. The molecule has 0 fully saturated rings. The molecule has 1 rings (SSSR count). The largest absolute Gasteiger partial charge is 0.398 e. The summed E-state index contributed by atoms with van der Waals surface area (Å²) in [5.74, 6) is 0. The van der Waals surface area contributed by atoms with Crippen LogP contribution in [0.1, 0.15) is 26.3 Å². The Morgan fingerprint density at radius 1 is 0.913 bits per heavy atom. The van der Waals surface area contributed by atoms with Crippen molar-refractivity contribution in [2.24, 2.45) is 0 Å². The van der Waals surface area contributed by atoms with Crippen molar-refractivity contribution in [1.82, 2.24) is 4.57 Å². The molecule has 0 spiro atoms. The van der Waals surface area contributed by atoms with Gasteiger partial charge in [0.1, 0.15) is 8.24 Å². The molecule has 1 aromatic rings. The molecule has 0 amide bonds. The van der Waals surface area contributed by atoms with Gasteiger partial charge in [-0.05, 0) is 36.8 Å². The van der Waals surface area contributed by atoms with E-state index >= 15 is 0 Å². The quantitative estimate of drug-likeness (QED) is 0.530. The Morgan fingerprint density at radius 2 is 1.43 bits per heavy atom. The Bertz CT molecular complexity index is 426. The molecule has 0 aliphatic rings. The van der Waals surface area contributed by atoms with Gasteiger partial charge < -0.3 is 13.4 Å². The summed E-state index contributed by atoms with van der Waals surface area (Å²) < 4.78 is 14.2. The molecule has 0 atom stereocenters. The van der Waals surface area contributed by atoms with Crippen molar-refractivity contribution in [1.29, 1.82) is 0 Å². The van der Waals surface area contributed by atoms with E-state index in [1.165, 1.54) is 23.7 Å². The lowest BCUT2D eigenvalue weighted by Crippen LogP contribution is -2.53. The summed E-state index contributed by atoms with van der Waals surface area (Å²) in [4.78, 5) is 0. The summed E-state index contributed by atoms with van der Waals surface area (Å²) in [5.41, 5.74) is 1.41. The van der Waals surface area contributed by atoms with E-state index in [0.717, 1.165) is 19.1 Å². The van der Waals surface area contributed by atoms with Gasteiger partial charge in [0.05, 0.1) is 0 Å². The van der Waals surface area contributed by atoms with Gasteiger partial charge >= 0.3 is 8.56 Å². The van der Waals surface area contributed by atoms with Crippen LogP contribution in [0.5, 0.6) is 0 Å². The molecule has 3 nitrogen and oxygen atoms in total. The van der Waals surface area contributed by atoms with Crippen molar-refractivity contribution in [3.05, 3.63) is 35.9 Å². The topological polar surface area (TPSA) is 21.7 Å². The zero-order chi connectivity index (χ0) is 17.3. The van der Waals surface area contributed by atoms with Crippen molar-refractivity contribution in [3.8, 4) is 0 Å². The molecule has 0 aliphatic carbocycles. The fraction of sp³-hybridized carbons (Fsp3) is 0.667. The van der Waals surface area contributed by atoms with Crippen LogP contribution in [0.15, 0.2) is 30.3 Å². The summed E-state index contributed by atoms with van der Waals surface area (Å²) in [6.07, 6.45) is 0. The highest BCUT2D eigenvalue weighted by Gasteiger charge is 2.37. The Kier molecular flexibility index (Phi) is 8.71. The third-order valence-corrected chi connectivity index (χ3v) is 14.1. The Morgan fingerprint density at radius 3 is 1.87 bits per heavy atom. The van der Waals surface area contributed by atoms with Crippen molar-refractivity contribution >= 4 is 16.8 Å². The minimum Gasteiger partial charge on any atom is -0.398 e. The second kappa shape index (κ2) is 9.74. The van der Waals surface area contributed by atoms with E-state index in [0.29, 0.717) is 0 Å². The number of benzene rings is 1. The van der Waals surface area contributed by atoms with Crippen LogP contribution < -0.4 is 0 Å². The summed E-state index contributed by atoms with van der Waals surface area (Å²) in [6, 6.07) is 15.8. The summed E-state index contributed by atoms with van der Waals surface area (Å²) >= 11 is 0. The number of hydrogen-bond donors (Lipinski definition) is 0. The van der Waals surface area contributed by atoms with Gasteiger partial charge in [-0.2, -0.15) is 0 Å². The van der Waals surface area contributed by atoms with E-state index in [1.54, 1.807) is 14.2 Å². The molecule has 0 saturated carbocycles. The van der Waals surface area contributed by atoms with Gasteiger partial charge in [-0.1, -0.05) is 51.1 Å². The third-order valence-electron chi connectivity index (χ3n) is 5.56. The smallest absolute Gasteiger partial charge is 0.335 e. The average molecular weight is 354 g/mol. The van der Waals surface area contributed by atoms with Gasteiger partial charge in [-0.15, -0.1) is 0 Å². The molecule has 0 N–H and O–H groups in total. The average Bonchev–Trinajstić information content (AvgIpc) is 2.62. The summed E-state index contributed by atoms with van der Waals surface area (Å²) in [5, 5.41) is 0. The predicted molar refractivity (Wildman–Crippen MR) is 104 cm³/mol. The van der Waals surface area contributed by atoms with E-state index in [9.17, 15) is 0 Å². The van der Waals surface area contributed by atoms with Crippen LogP contribution >= 0.6 is 0 Å². The van der Waals surface area contributed by atoms with E-state index in [1.807, 2.05) is 0 Å². The molecule has 0 saturated heterocycles. The van der Waals surface area contributed by atoms with E-state index in [2.05, 4.69) is 62.2 Å². The SMILES string of the molecule is CC[Si](CC)(CC)N(CC[Si](C)(OC)OC)Cc1ccccc1. The molecule has 0 aliphatic heterocycles. The van der Waals surface area contributed by atoms with Crippen LogP contribution in [0.2, 0.25) is 30.7 Å². The van der Waals surface area contributed by atoms with Crippen molar-refractivity contribution in [3.63, 3.8) is 0 Å². The maximum atomic E-state index is 5.71. The second-order valence-corrected chi connectivity index (χ2v) is 15.3. The van der Waals surface area contributed by atoms with Gasteiger partial charge in [-0.3, -0.25) is 0 Å². The van der Waals surface area contributed by atoms with Crippen LogP contribution in [0.4, 0.5) is 0 Å². The molecule has 0 unspecified atom stereocenters. The number of nitrogens with zero attached hydrogens (tertiary/aromatic N) is 1. The molecule has 0 bridgehead atoms. The van der Waals surface area contributed by atoms with Gasteiger partial charge in [0.2, 0.25) is 0 Å². The van der Waals surface area contributed by atoms with Gasteiger partial charge in [0.25, 0.3) is 0 Å². The zero-order valence-electron chi connectivity index (χ0n) is 15.9. The molecule has 0 heterocycles. The van der Waals surface area contributed by atoms with Crippen molar-refractivity contribution < 1.29 is 8.85 Å².